The van der Waals surface area contributed by atoms with Crippen LogP contribution in [0.2, 0.25) is 0 Å². The average Bonchev–Trinajstić information content (AvgIpc) is 2.89. The molecular formula is C12H21N3O. The standard InChI is InChI=1S/C12H21N3O/c1-4-13-12(2,3)11-14-10(15-16-11)9-7-5-6-8-9/h9,13H,4-8H2,1-3H3. The van der Waals surface area contributed by atoms with Gasteiger partial charge in [0.15, 0.2) is 5.82 Å². The van der Waals surface area contributed by atoms with E-state index in [2.05, 4.69) is 36.2 Å². The van der Waals surface area contributed by atoms with Gasteiger partial charge in [-0.15, -0.1) is 0 Å². The van der Waals surface area contributed by atoms with Crippen LogP contribution in [0.3, 0.4) is 0 Å². The van der Waals surface area contributed by atoms with Crippen LogP contribution in [-0.4, -0.2) is 16.7 Å². The van der Waals surface area contributed by atoms with Crippen molar-refractivity contribution in [3.8, 4) is 0 Å². The van der Waals surface area contributed by atoms with Crippen LogP contribution < -0.4 is 5.32 Å². The van der Waals surface area contributed by atoms with E-state index < -0.39 is 0 Å². The van der Waals surface area contributed by atoms with Crippen molar-refractivity contribution in [2.75, 3.05) is 6.54 Å². The Kier molecular flexibility index (Phi) is 3.28. The van der Waals surface area contributed by atoms with Crippen molar-refractivity contribution in [2.24, 2.45) is 0 Å². The Morgan fingerprint density at radius 2 is 2.06 bits per heavy atom. The van der Waals surface area contributed by atoms with Gasteiger partial charge >= 0.3 is 0 Å². The van der Waals surface area contributed by atoms with Gasteiger partial charge in [0.2, 0.25) is 5.89 Å². The van der Waals surface area contributed by atoms with Crippen LogP contribution in [0.25, 0.3) is 0 Å². The van der Waals surface area contributed by atoms with Crippen LogP contribution in [0.1, 0.15) is 64.1 Å². The molecule has 0 spiro atoms. The van der Waals surface area contributed by atoms with Gasteiger partial charge in [0.25, 0.3) is 0 Å². The lowest BCUT2D eigenvalue weighted by molar-refractivity contribution is 0.270. The van der Waals surface area contributed by atoms with Crippen molar-refractivity contribution in [3.63, 3.8) is 0 Å². The maximum Gasteiger partial charge on any atom is 0.246 e. The molecule has 16 heavy (non-hydrogen) atoms. The van der Waals surface area contributed by atoms with Gasteiger partial charge in [-0.05, 0) is 33.2 Å². The van der Waals surface area contributed by atoms with Gasteiger partial charge in [0.1, 0.15) is 0 Å². The first kappa shape index (κ1) is 11.6. The van der Waals surface area contributed by atoms with Gasteiger partial charge in [-0.1, -0.05) is 24.9 Å². The second-order valence-electron chi connectivity index (χ2n) is 5.09. The zero-order valence-electron chi connectivity index (χ0n) is 10.4. The lowest BCUT2D eigenvalue weighted by atomic mass is 10.1. The maximum atomic E-state index is 5.37. The molecule has 0 amide bonds. The minimum atomic E-state index is -0.224. The van der Waals surface area contributed by atoms with Crippen LogP contribution >= 0.6 is 0 Å². The number of hydrogen-bond acceptors (Lipinski definition) is 4. The highest BCUT2D eigenvalue weighted by Crippen LogP contribution is 2.33. The maximum absolute atomic E-state index is 5.37. The molecule has 0 radical (unpaired) electrons. The molecule has 2 rings (SSSR count). The van der Waals surface area contributed by atoms with Gasteiger partial charge in [0, 0.05) is 5.92 Å². The van der Waals surface area contributed by atoms with E-state index in [0.717, 1.165) is 12.4 Å². The van der Waals surface area contributed by atoms with E-state index in [1.54, 1.807) is 0 Å². The van der Waals surface area contributed by atoms with Crippen molar-refractivity contribution in [1.29, 1.82) is 0 Å². The Morgan fingerprint density at radius 3 is 2.69 bits per heavy atom. The van der Waals surface area contributed by atoms with E-state index in [0.29, 0.717) is 11.8 Å². The molecule has 1 fully saturated rings. The highest BCUT2D eigenvalue weighted by atomic mass is 16.5. The van der Waals surface area contributed by atoms with Gasteiger partial charge in [-0.2, -0.15) is 4.98 Å². The summed E-state index contributed by atoms with van der Waals surface area (Å²) in [5, 5.41) is 7.47. The molecule has 1 aliphatic carbocycles. The number of aromatic nitrogens is 2. The van der Waals surface area contributed by atoms with Crippen LogP contribution in [0, 0.1) is 0 Å². The fourth-order valence-corrected chi connectivity index (χ4v) is 2.36. The number of nitrogens with zero attached hydrogens (tertiary/aromatic N) is 2. The fraction of sp³-hybridized carbons (Fsp3) is 0.833. The summed E-state index contributed by atoms with van der Waals surface area (Å²) in [5.74, 6) is 2.13. The summed E-state index contributed by atoms with van der Waals surface area (Å²) in [5.41, 5.74) is -0.224. The first-order chi connectivity index (χ1) is 7.63. The second-order valence-corrected chi connectivity index (χ2v) is 5.09. The normalized spacial score (nSPS) is 18.2. The Hall–Kier alpha value is -0.900. The molecule has 0 aromatic carbocycles. The molecule has 1 aromatic heterocycles. The largest absolute Gasteiger partial charge is 0.337 e. The van der Waals surface area contributed by atoms with Crippen LogP contribution in [-0.2, 0) is 5.54 Å². The molecule has 1 N–H and O–H groups in total. The van der Waals surface area contributed by atoms with E-state index in [1.165, 1.54) is 25.7 Å². The van der Waals surface area contributed by atoms with Crippen LogP contribution in [0.4, 0.5) is 0 Å². The fourth-order valence-electron chi connectivity index (χ4n) is 2.36. The summed E-state index contributed by atoms with van der Waals surface area (Å²) in [6.45, 7) is 7.12. The average molecular weight is 223 g/mol. The Morgan fingerprint density at radius 1 is 1.38 bits per heavy atom. The third kappa shape index (κ3) is 2.26. The summed E-state index contributed by atoms with van der Waals surface area (Å²) < 4.78 is 5.37. The van der Waals surface area contributed by atoms with Crippen molar-refractivity contribution >= 4 is 0 Å². The van der Waals surface area contributed by atoms with Gasteiger partial charge in [-0.25, -0.2) is 0 Å². The third-order valence-electron chi connectivity index (χ3n) is 3.32. The Labute approximate surface area is 96.8 Å². The molecule has 1 aromatic rings. The predicted octanol–water partition coefficient (Wildman–Crippen LogP) is 2.57. The molecule has 1 aliphatic rings. The summed E-state index contributed by atoms with van der Waals surface area (Å²) in [6, 6.07) is 0. The van der Waals surface area contributed by atoms with E-state index in [4.69, 9.17) is 4.52 Å². The van der Waals surface area contributed by atoms with Gasteiger partial charge in [0.05, 0.1) is 5.54 Å². The summed E-state index contributed by atoms with van der Waals surface area (Å²) >= 11 is 0. The highest BCUT2D eigenvalue weighted by molar-refractivity contribution is 5.03. The van der Waals surface area contributed by atoms with E-state index in [-0.39, 0.29) is 5.54 Å². The second kappa shape index (κ2) is 4.53. The van der Waals surface area contributed by atoms with E-state index >= 15 is 0 Å². The molecule has 1 heterocycles. The lowest BCUT2D eigenvalue weighted by Crippen LogP contribution is -2.36. The van der Waals surface area contributed by atoms with Gasteiger partial charge in [-0.3, -0.25) is 0 Å². The summed E-state index contributed by atoms with van der Waals surface area (Å²) in [4.78, 5) is 4.54. The molecule has 0 saturated heterocycles. The smallest absolute Gasteiger partial charge is 0.246 e. The molecule has 90 valence electrons. The number of rotatable bonds is 4. The van der Waals surface area contributed by atoms with Crippen molar-refractivity contribution in [2.45, 2.75) is 57.9 Å². The Balaban J connectivity index is 2.12. The molecule has 1 saturated carbocycles. The summed E-state index contributed by atoms with van der Waals surface area (Å²) in [7, 11) is 0. The molecule has 0 unspecified atom stereocenters. The predicted molar refractivity (Wildman–Crippen MR) is 62.2 cm³/mol. The lowest BCUT2D eigenvalue weighted by Gasteiger charge is -2.20. The quantitative estimate of drug-likeness (QED) is 0.852. The molecule has 0 aliphatic heterocycles. The molecule has 4 nitrogen and oxygen atoms in total. The van der Waals surface area contributed by atoms with Crippen molar-refractivity contribution < 1.29 is 4.52 Å². The van der Waals surface area contributed by atoms with Crippen LogP contribution in [0.15, 0.2) is 4.52 Å². The topological polar surface area (TPSA) is 51.0 Å². The van der Waals surface area contributed by atoms with Gasteiger partial charge < -0.3 is 9.84 Å². The van der Waals surface area contributed by atoms with Crippen molar-refractivity contribution in [1.82, 2.24) is 15.5 Å². The monoisotopic (exact) mass is 223 g/mol. The minimum absolute atomic E-state index is 0.224. The zero-order valence-corrected chi connectivity index (χ0v) is 10.4. The third-order valence-corrected chi connectivity index (χ3v) is 3.32. The molecule has 0 bridgehead atoms. The molecule has 4 heteroatoms. The molecule has 0 atom stereocenters. The van der Waals surface area contributed by atoms with Crippen LogP contribution in [0.5, 0.6) is 0 Å². The molecular weight excluding hydrogens is 202 g/mol. The zero-order chi connectivity index (χ0) is 11.6. The SMILES string of the molecule is CCNC(C)(C)c1nc(C2CCCC2)no1. The highest BCUT2D eigenvalue weighted by Gasteiger charge is 2.29. The first-order valence-electron chi connectivity index (χ1n) is 6.22. The number of nitrogens with one attached hydrogen (secondary N) is 1. The van der Waals surface area contributed by atoms with E-state index in [1.807, 2.05) is 0 Å². The minimum Gasteiger partial charge on any atom is -0.337 e. The van der Waals surface area contributed by atoms with Crippen molar-refractivity contribution in [3.05, 3.63) is 11.7 Å². The Bertz CT molecular complexity index is 340. The summed E-state index contributed by atoms with van der Waals surface area (Å²) in [6.07, 6.45) is 5.01. The first-order valence-corrected chi connectivity index (χ1v) is 6.22. The number of hydrogen-bond donors (Lipinski definition) is 1. The van der Waals surface area contributed by atoms with E-state index in [9.17, 15) is 0 Å².